The summed E-state index contributed by atoms with van der Waals surface area (Å²) in [6, 6.07) is 0. The molecule has 2 atom stereocenters. The van der Waals surface area contributed by atoms with Crippen molar-refractivity contribution in [3.8, 4) is 0 Å². The highest BCUT2D eigenvalue weighted by atomic mass is 15.2. The molecule has 0 aromatic carbocycles. The minimum atomic E-state index is 0.719. The molecule has 0 aromatic rings. The number of unbranched alkanes of at least 4 members (excludes halogenated alkanes) is 2. The SMILES string of the molecule is CCCCCC1CN2CCCC2=C2C=CC=CC21. The van der Waals surface area contributed by atoms with Crippen LogP contribution in [0, 0.1) is 11.8 Å². The molecule has 2 aliphatic heterocycles. The highest BCUT2D eigenvalue weighted by Gasteiger charge is 2.34. The number of hydrogen-bond acceptors (Lipinski definition) is 1. The van der Waals surface area contributed by atoms with Crippen LogP contribution in [0.4, 0.5) is 0 Å². The van der Waals surface area contributed by atoms with Crippen molar-refractivity contribution >= 4 is 0 Å². The normalized spacial score (nSPS) is 29.7. The summed E-state index contributed by atoms with van der Waals surface area (Å²) in [5, 5.41) is 0. The van der Waals surface area contributed by atoms with Gasteiger partial charge in [0.1, 0.15) is 0 Å². The smallest absolute Gasteiger partial charge is 0.0212 e. The van der Waals surface area contributed by atoms with E-state index < -0.39 is 0 Å². The largest absolute Gasteiger partial charge is 0.374 e. The van der Waals surface area contributed by atoms with E-state index in [2.05, 4.69) is 36.1 Å². The van der Waals surface area contributed by atoms with Crippen LogP contribution in [0.25, 0.3) is 0 Å². The topological polar surface area (TPSA) is 3.24 Å². The van der Waals surface area contributed by atoms with Gasteiger partial charge in [0, 0.05) is 24.7 Å². The Morgan fingerprint density at radius 1 is 1.28 bits per heavy atom. The second kappa shape index (κ2) is 5.34. The van der Waals surface area contributed by atoms with Gasteiger partial charge in [0.25, 0.3) is 0 Å². The molecule has 98 valence electrons. The first-order valence-corrected chi connectivity index (χ1v) is 7.73. The fourth-order valence-electron chi connectivity index (χ4n) is 3.84. The van der Waals surface area contributed by atoms with Crippen LogP contribution in [0.1, 0.15) is 45.4 Å². The van der Waals surface area contributed by atoms with Crippen molar-refractivity contribution in [1.29, 1.82) is 0 Å². The molecule has 1 heteroatoms. The lowest BCUT2D eigenvalue weighted by Crippen LogP contribution is -2.36. The molecular weight excluding hydrogens is 218 g/mol. The Hall–Kier alpha value is -0.980. The Morgan fingerprint density at radius 2 is 2.22 bits per heavy atom. The van der Waals surface area contributed by atoms with Crippen LogP contribution in [0.2, 0.25) is 0 Å². The van der Waals surface area contributed by atoms with Crippen molar-refractivity contribution in [2.45, 2.75) is 45.4 Å². The zero-order valence-corrected chi connectivity index (χ0v) is 11.6. The van der Waals surface area contributed by atoms with Crippen molar-refractivity contribution in [3.05, 3.63) is 35.6 Å². The lowest BCUT2D eigenvalue weighted by Gasteiger charge is -2.39. The van der Waals surface area contributed by atoms with Crippen molar-refractivity contribution in [2.24, 2.45) is 11.8 Å². The van der Waals surface area contributed by atoms with E-state index in [0.29, 0.717) is 0 Å². The molecule has 1 aliphatic carbocycles. The molecule has 1 fully saturated rings. The fraction of sp³-hybridized carbons (Fsp3) is 0.647. The van der Waals surface area contributed by atoms with Crippen molar-refractivity contribution in [2.75, 3.05) is 13.1 Å². The summed E-state index contributed by atoms with van der Waals surface area (Å²) in [4.78, 5) is 2.67. The molecule has 0 aromatic heterocycles. The van der Waals surface area contributed by atoms with Crippen molar-refractivity contribution in [3.63, 3.8) is 0 Å². The molecule has 0 spiro atoms. The second-order valence-corrected chi connectivity index (χ2v) is 5.98. The molecule has 0 amide bonds. The van der Waals surface area contributed by atoms with E-state index in [-0.39, 0.29) is 0 Å². The standard InChI is InChI=1S/C17H25N/c1-2-3-4-8-14-13-18-12-7-11-17(18)16-10-6-5-9-15(14)16/h5-6,9-10,14-15H,2-4,7-8,11-13H2,1H3. The molecule has 18 heavy (non-hydrogen) atoms. The maximum absolute atomic E-state index is 2.67. The van der Waals surface area contributed by atoms with Crippen molar-refractivity contribution < 1.29 is 0 Å². The quantitative estimate of drug-likeness (QED) is 0.666. The van der Waals surface area contributed by atoms with Gasteiger partial charge in [-0.25, -0.2) is 0 Å². The average Bonchev–Trinajstić information content (AvgIpc) is 2.87. The van der Waals surface area contributed by atoms with E-state index in [1.807, 2.05) is 0 Å². The van der Waals surface area contributed by atoms with Crippen LogP contribution in [-0.2, 0) is 0 Å². The highest BCUT2D eigenvalue weighted by molar-refractivity contribution is 5.39. The monoisotopic (exact) mass is 243 g/mol. The Balaban J connectivity index is 1.78. The van der Waals surface area contributed by atoms with Gasteiger partial charge in [-0.15, -0.1) is 0 Å². The van der Waals surface area contributed by atoms with Crippen LogP contribution in [0.5, 0.6) is 0 Å². The lowest BCUT2D eigenvalue weighted by atomic mass is 9.76. The molecule has 0 radical (unpaired) electrons. The predicted octanol–water partition coefficient (Wildman–Crippen LogP) is 4.29. The first-order valence-electron chi connectivity index (χ1n) is 7.73. The van der Waals surface area contributed by atoms with Crippen molar-refractivity contribution in [1.82, 2.24) is 4.90 Å². The molecule has 3 rings (SSSR count). The number of hydrogen-bond donors (Lipinski definition) is 0. The van der Waals surface area contributed by atoms with Crippen LogP contribution in [0.15, 0.2) is 35.6 Å². The molecule has 0 saturated carbocycles. The van der Waals surface area contributed by atoms with Gasteiger partial charge in [-0.2, -0.15) is 0 Å². The van der Waals surface area contributed by atoms with Crippen LogP contribution in [-0.4, -0.2) is 18.0 Å². The predicted molar refractivity (Wildman–Crippen MR) is 77.2 cm³/mol. The summed E-state index contributed by atoms with van der Waals surface area (Å²) < 4.78 is 0. The van der Waals surface area contributed by atoms with Gasteiger partial charge in [0.2, 0.25) is 0 Å². The summed E-state index contributed by atoms with van der Waals surface area (Å²) in [6.07, 6.45) is 17.5. The zero-order chi connectivity index (χ0) is 12.4. The minimum Gasteiger partial charge on any atom is -0.374 e. The molecule has 0 N–H and O–H groups in total. The molecule has 2 heterocycles. The van der Waals surface area contributed by atoms with E-state index in [1.54, 1.807) is 11.3 Å². The van der Waals surface area contributed by atoms with Crippen LogP contribution < -0.4 is 0 Å². The van der Waals surface area contributed by atoms with E-state index in [9.17, 15) is 0 Å². The maximum atomic E-state index is 2.67. The van der Waals surface area contributed by atoms with E-state index >= 15 is 0 Å². The van der Waals surface area contributed by atoms with Gasteiger partial charge in [-0.3, -0.25) is 0 Å². The summed E-state index contributed by atoms with van der Waals surface area (Å²) in [5.74, 6) is 1.57. The first-order chi connectivity index (χ1) is 8.90. The van der Waals surface area contributed by atoms with Gasteiger partial charge in [-0.1, -0.05) is 50.5 Å². The Labute approximate surface area is 111 Å². The lowest BCUT2D eigenvalue weighted by molar-refractivity contribution is 0.240. The summed E-state index contributed by atoms with van der Waals surface area (Å²) >= 11 is 0. The maximum Gasteiger partial charge on any atom is 0.0212 e. The van der Waals surface area contributed by atoms with E-state index in [1.165, 1.54) is 51.6 Å². The molecule has 3 aliphatic rings. The van der Waals surface area contributed by atoms with E-state index in [4.69, 9.17) is 0 Å². The Morgan fingerprint density at radius 3 is 3.11 bits per heavy atom. The molecule has 0 bridgehead atoms. The second-order valence-electron chi connectivity index (χ2n) is 5.98. The molecule has 1 saturated heterocycles. The summed E-state index contributed by atoms with van der Waals surface area (Å²) in [7, 11) is 0. The summed E-state index contributed by atoms with van der Waals surface area (Å²) in [6.45, 7) is 4.91. The Bertz CT molecular complexity index is 388. The van der Waals surface area contributed by atoms with Crippen LogP contribution >= 0.6 is 0 Å². The van der Waals surface area contributed by atoms with Gasteiger partial charge in [0.05, 0.1) is 0 Å². The third-order valence-electron chi connectivity index (χ3n) is 4.76. The third-order valence-corrected chi connectivity index (χ3v) is 4.76. The van der Waals surface area contributed by atoms with Gasteiger partial charge < -0.3 is 4.90 Å². The third kappa shape index (κ3) is 2.15. The fourth-order valence-corrected chi connectivity index (χ4v) is 3.84. The highest BCUT2D eigenvalue weighted by Crippen LogP contribution is 2.41. The molecule has 1 nitrogen and oxygen atoms in total. The average molecular weight is 243 g/mol. The molecule has 2 unspecified atom stereocenters. The summed E-state index contributed by atoms with van der Waals surface area (Å²) in [5.41, 5.74) is 3.30. The molecular formula is C17H25N. The van der Waals surface area contributed by atoms with Crippen LogP contribution in [0.3, 0.4) is 0 Å². The number of allylic oxidation sites excluding steroid dienone is 6. The van der Waals surface area contributed by atoms with Gasteiger partial charge >= 0.3 is 0 Å². The minimum absolute atomic E-state index is 0.719. The van der Waals surface area contributed by atoms with Gasteiger partial charge in [0.15, 0.2) is 0 Å². The Kier molecular flexibility index (Phi) is 3.58. The number of nitrogens with zero attached hydrogens (tertiary/aromatic N) is 1. The van der Waals surface area contributed by atoms with Gasteiger partial charge in [-0.05, 0) is 30.8 Å². The first kappa shape index (κ1) is 12.1. The number of rotatable bonds is 4. The van der Waals surface area contributed by atoms with E-state index in [0.717, 1.165) is 11.8 Å². The zero-order valence-electron chi connectivity index (χ0n) is 11.6. The number of fused-ring (bicyclic) bond motifs is 2.